The Kier molecular flexibility index (Phi) is 6.03. The molecule has 0 saturated carbocycles. The summed E-state index contributed by atoms with van der Waals surface area (Å²) in [6.45, 7) is 4.51. The first kappa shape index (κ1) is 16.6. The number of benzene rings is 1. The van der Waals surface area contributed by atoms with Crippen LogP contribution in [-0.2, 0) is 11.2 Å². The van der Waals surface area contributed by atoms with E-state index in [1.54, 1.807) is 7.11 Å². The molecule has 1 unspecified atom stereocenters. The van der Waals surface area contributed by atoms with Crippen LogP contribution in [0.4, 0.5) is 0 Å². The van der Waals surface area contributed by atoms with Gasteiger partial charge in [0.05, 0.1) is 11.8 Å². The van der Waals surface area contributed by atoms with Gasteiger partial charge in [-0.2, -0.15) is 0 Å². The van der Waals surface area contributed by atoms with E-state index >= 15 is 0 Å². The number of hydrogen-bond acceptors (Lipinski definition) is 5. The summed E-state index contributed by atoms with van der Waals surface area (Å²) in [5, 5.41) is 6.95. The first-order valence-electron chi connectivity index (χ1n) is 7.35. The second kappa shape index (κ2) is 8.00. The topological polar surface area (TPSA) is 64.1 Å². The van der Waals surface area contributed by atoms with Gasteiger partial charge in [-0.3, -0.25) is 4.79 Å². The number of ether oxygens (including phenoxy) is 1. The van der Waals surface area contributed by atoms with Crippen LogP contribution in [0.3, 0.4) is 0 Å². The molecule has 0 aliphatic carbocycles. The standard InChI is InChI=1S/C16H21N3O2S/c1-4-7-13-15(22-19-18-13)16(20)17-10-14(21-3)12-9-6-5-8-11(12)2/h5-6,8-9,14H,4,7,10H2,1-3H3,(H,17,20). The maximum absolute atomic E-state index is 12.3. The largest absolute Gasteiger partial charge is 0.375 e. The molecule has 118 valence electrons. The molecule has 0 spiro atoms. The van der Waals surface area contributed by atoms with Crippen LogP contribution in [0.1, 0.15) is 45.9 Å². The van der Waals surface area contributed by atoms with E-state index in [0.717, 1.165) is 41.2 Å². The summed E-state index contributed by atoms with van der Waals surface area (Å²) >= 11 is 1.14. The Labute approximate surface area is 134 Å². The fraction of sp³-hybridized carbons (Fsp3) is 0.438. The first-order chi connectivity index (χ1) is 10.7. The van der Waals surface area contributed by atoms with Gasteiger partial charge in [0.25, 0.3) is 5.91 Å². The lowest BCUT2D eigenvalue weighted by molar-refractivity contribution is 0.0828. The highest BCUT2D eigenvalue weighted by Gasteiger charge is 2.18. The van der Waals surface area contributed by atoms with Crippen LogP contribution >= 0.6 is 11.5 Å². The highest BCUT2D eigenvalue weighted by Crippen LogP contribution is 2.20. The first-order valence-corrected chi connectivity index (χ1v) is 8.12. The molecule has 2 aromatic rings. The molecule has 1 atom stereocenters. The average molecular weight is 319 g/mol. The molecule has 0 bridgehead atoms. The number of rotatable bonds is 7. The van der Waals surface area contributed by atoms with Gasteiger partial charge < -0.3 is 10.1 Å². The van der Waals surface area contributed by atoms with E-state index in [-0.39, 0.29) is 12.0 Å². The Morgan fingerprint density at radius 1 is 1.41 bits per heavy atom. The van der Waals surface area contributed by atoms with Gasteiger partial charge in [-0.1, -0.05) is 42.1 Å². The molecule has 5 nitrogen and oxygen atoms in total. The van der Waals surface area contributed by atoms with Gasteiger partial charge in [0.1, 0.15) is 4.88 Å². The molecule has 0 aliphatic heterocycles. The van der Waals surface area contributed by atoms with Crippen LogP contribution < -0.4 is 5.32 Å². The number of nitrogens with one attached hydrogen (secondary N) is 1. The second-order valence-electron chi connectivity index (χ2n) is 5.09. The average Bonchev–Trinajstić information content (AvgIpc) is 2.98. The molecule has 1 N–H and O–H groups in total. The zero-order chi connectivity index (χ0) is 15.9. The Morgan fingerprint density at radius 2 is 2.18 bits per heavy atom. The zero-order valence-electron chi connectivity index (χ0n) is 13.1. The predicted molar refractivity (Wildman–Crippen MR) is 87.2 cm³/mol. The maximum Gasteiger partial charge on any atom is 0.265 e. The van der Waals surface area contributed by atoms with Crippen molar-refractivity contribution in [1.29, 1.82) is 0 Å². The number of hydrogen-bond donors (Lipinski definition) is 1. The van der Waals surface area contributed by atoms with Crippen molar-refractivity contribution in [2.24, 2.45) is 0 Å². The van der Waals surface area contributed by atoms with Crippen molar-refractivity contribution in [3.05, 3.63) is 46.0 Å². The Hall–Kier alpha value is -1.79. The second-order valence-corrected chi connectivity index (χ2v) is 5.84. The van der Waals surface area contributed by atoms with Crippen molar-refractivity contribution in [2.75, 3.05) is 13.7 Å². The van der Waals surface area contributed by atoms with Crippen LogP contribution in [-0.4, -0.2) is 29.1 Å². The van der Waals surface area contributed by atoms with E-state index in [4.69, 9.17) is 4.74 Å². The third-order valence-electron chi connectivity index (χ3n) is 3.52. The van der Waals surface area contributed by atoms with Crippen LogP contribution in [0, 0.1) is 6.92 Å². The minimum absolute atomic E-state index is 0.130. The van der Waals surface area contributed by atoms with Crippen LogP contribution in [0.25, 0.3) is 0 Å². The van der Waals surface area contributed by atoms with Crippen molar-refractivity contribution in [3.63, 3.8) is 0 Å². The van der Waals surface area contributed by atoms with E-state index in [9.17, 15) is 4.79 Å². The van der Waals surface area contributed by atoms with Gasteiger partial charge in [0.2, 0.25) is 0 Å². The summed E-state index contributed by atoms with van der Waals surface area (Å²) in [7, 11) is 1.65. The van der Waals surface area contributed by atoms with E-state index in [2.05, 4.69) is 21.8 Å². The minimum atomic E-state index is -0.166. The van der Waals surface area contributed by atoms with E-state index in [1.807, 2.05) is 31.2 Å². The van der Waals surface area contributed by atoms with Crippen LogP contribution in [0.5, 0.6) is 0 Å². The van der Waals surface area contributed by atoms with E-state index < -0.39 is 0 Å². The third-order valence-corrected chi connectivity index (χ3v) is 4.28. The number of carbonyl (C=O) groups is 1. The molecule has 1 aromatic heterocycles. The smallest absolute Gasteiger partial charge is 0.265 e. The van der Waals surface area contributed by atoms with Crippen molar-refractivity contribution in [1.82, 2.24) is 14.9 Å². The lowest BCUT2D eigenvalue weighted by Gasteiger charge is -2.18. The number of aromatic nitrogens is 2. The molecule has 0 radical (unpaired) electrons. The molecular weight excluding hydrogens is 298 g/mol. The molecule has 22 heavy (non-hydrogen) atoms. The molecule has 6 heteroatoms. The van der Waals surface area contributed by atoms with Crippen molar-refractivity contribution >= 4 is 17.4 Å². The minimum Gasteiger partial charge on any atom is -0.375 e. The normalized spacial score (nSPS) is 12.1. The van der Waals surface area contributed by atoms with Gasteiger partial charge in [-0.25, -0.2) is 0 Å². The Balaban J connectivity index is 2.03. The van der Waals surface area contributed by atoms with Crippen molar-refractivity contribution in [2.45, 2.75) is 32.8 Å². The molecule has 1 heterocycles. The third kappa shape index (κ3) is 3.90. The highest BCUT2D eigenvalue weighted by molar-refractivity contribution is 7.08. The monoisotopic (exact) mass is 319 g/mol. The van der Waals surface area contributed by atoms with Crippen LogP contribution in [0.15, 0.2) is 24.3 Å². The molecule has 2 rings (SSSR count). The number of nitrogens with zero attached hydrogens (tertiary/aromatic N) is 2. The lowest BCUT2D eigenvalue weighted by Crippen LogP contribution is -2.29. The summed E-state index contributed by atoms with van der Waals surface area (Å²) in [6.07, 6.45) is 1.54. The Bertz CT molecular complexity index is 627. The lowest BCUT2D eigenvalue weighted by atomic mass is 10.0. The number of aryl methyl sites for hydroxylation is 2. The molecule has 0 saturated heterocycles. The molecule has 0 aliphatic rings. The predicted octanol–water partition coefficient (Wildman–Crippen LogP) is 2.92. The Morgan fingerprint density at radius 3 is 2.86 bits per heavy atom. The van der Waals surface area contributed by atoms with E-state index in [1.165, 1.54) is 0 Å². The fourth-order valence-corrected chi connectivity index (χ4v) is 2.94. The van der Waals surface area contributed by atoms with Crippen LogP contribution in [0.2, 0.25) is 0 Å². The van der Waals surface area contributed by atoms with Gasteiger partial charge in [0, 0.05) is 13.7 Å². The zero-order valence-corrected chi connectivity index (χ0v) is 13.9. The number of methoxy groups -OCH3 is 1. The summed E-state index contributed by atoms with van der Waals surface area (Å²) in [6, 6.07) is 8.02. The fourth-order valence-electron chi connectivity index (χ4n) is 2.32. The molecular formula is C16H21N3O2S. The molecule has 1 amide bonds. The van der Waals surface area contributed by atoms with Crippen molar-refractivity contribution in [3.8, 4) is 0 Å². The number of carbonyl (C=O) groups excluding carboxylic acids is 1. The van der Waals surface area contributed by atoms with Gasteiger partial charge in [0.15, 0.2) is 0 Å². The molecule has 1 aromatic carbocycles. The summed E-state index contributed by atoms with van der Waals surface area (Å²) < 4.78 is 9.40. The maximum atomic E-state index is 12.3. The highest BCUT2D eigenvalue weighted by atomic mass is 32.1. The van der Waals surface area contributed by atoms with Gasteiger partial charge in [-0.05, 0) is 36.0 Å². The van der Waals surface area contributed by atoms with Crippen molar-refractivity contribution < 1.29 is 9.53 Å². The summed E-state index contributed by atoms with van der Waals surface area (Å²) in [5.74, 6) is -0.130. The molecule has 0 fully saturated rings. The summed E-state index contributed by atoms with van der Waals surface area (Å²) in [4.78, 5) is 12.9. The quantitative estimate of drug-likeness (QED) is 0.852. The number of amides is 1. The van der Waals surface area contributed by atoms with E-state index in [0.29, 0.717) is 11.4 Å². The van der Waals surface area contributed by atoms with Gasteiger partial charge in [-0.15, -0.1) is 5.10 Å². The van der Waals surface area contributed by atoms with Gasteiger partial charge >= 0.3 is 0 Å². The SMILES string of the molecule is CCCc1nnsc1C(=O)NCC(OC)c1ccccc1C. The summed E-state index contributed by atoms with van der Waals surface area (Å²) in [5.41, 5.74) is 3.01.